The fraction of sp³-hybridized carbons (Fsp3) is 0. The highest BCUT2D eigenvalue weighted by atomic mass is 16.3. The van der Waals surface area contributed by atoms with Crippen LogP contribution in [0.25, 0.3) is 93.6 Å². The molecule has 0 bridgehead atoms. The zero-order chi connectivity index (χ0) is 40.3. The van der Waals surface area contributed by atoms with Crippen LogP contribution in [-0.2, 0) is 0 Å². The first-order valence-corrected chi connectivity index (χ1v) is 20.8. The van der Waals surface area contributed by atoms with Crippen molar-refractivity contribution >= 4 is 71.6 Å². The van der Waals surface area contributed by atoms with Crippen molar-refractivity contribution in [3.8, 4) is 39.1 Å². The van der Waals surface area contributed by atoms with E-state index in [1.807, 2.05) is 0 Å². The van der Waals surface area contributed by atoms with Gasteiger partial charge >= 0.3 is 0 Å². The van der Waals surface area contributed by atoms with E-state index in [2.05, 4.69) is 240 Å². The molecule has 61 heavy (non-hydrogen) atoms. The first-order chi connectivity index (χ1) is 30.3. The van der Waals surface area contributed by atoms with E-state index in [0.717, 1.165) is 50.1 Å². The molecule has 0 amide bonds. The average Bonchev–Trinajstić information content (AvgIpc) is 3.89. The van der Waals surface area contributed by atoms with Crippen molar-refractivity contribution in [1.29, 1.82) is 0 Å². The topological polar surface area (TPSA) is 21.3 Å². The van der Waals surface area contributed by atoms with Gasteiger partial charge in [0.05, 0.1) is 22.1 Å². The number of fused-ring (bicyclic) bond motifs is 8. The molecule has 0 fully saturated rings. The van der Waals surface area contributed by atoms with Gasteiger partial charge in [-0.25, -0.2) is 0 Å². The van der Waals surface area contributed by atoms with Crippen LogP contribution in [-0.4, -0.2) is 4.57 Å². The molecular formula is C58H38N2O. The van der Waals surface area contributed by atoms with E-state index in [-0.39, 0.29) is 0 Å². The summed E-state index contributed by atoms with van der Waals surface area (Å²) in [6, 6.07) is 82.7. The third-order valence-corrected chi connectivity index (χ3v) is 12.2. The molecule has 0 aliphatic heterocycles. The molecule has 12 rings (SSSR count). The molecule has 0 unspecified atom stereocenters. The normalized spacial score (nSPS) is 11.6. The van der Waals surface area contributed by atoms with Crippen LogP contribution in [0.15, 0.2) is 235 Å². The number of nitrogens with zero attached hydrogens (tertiary/aromatic N) is 2. The van der Waals surface area contributed by atoms with Crippen LogP contribution >= 0.6 is 0 Å². The Morgan fingerprint density at radius 1 is 0.328 bits per heavy atom. The smallest absolute Gasteiger partial charge is 0.137 e. The predicted octanol–water partition coefficient (Wildman–Crippen LogP) is 16.3. The maximum atomic E-state index is 6.71. The van der Waals surface area contributed by atoms with Gasteiger partial charge in [0.1, 0.15) is 11.2 Å². The number of anilines is 3. The predicted molar refractivity (Wildman–Crippen MR) is 257 cm³/mol. The van der Waals surface area contributed by atoms with E-state index in [1.54, 1.807) is 0 Å². The minimum Gasteiger partial charge on any atom is -0.456 e. The molecular weight excluding hydrogens is 741 g/mol. The van der Waals surface area contributed by atoms with Gasteiger partial charge in [-0.2, -0.15) is 0 Å². The minimum absolute atomic E-state index is 0.857. The van der Waals surface area contributed by atoms with Gasteiger partial charge in [0.25, 0.3) is 0 Å². The Morgan fingerprint density at radius 2 is 0.869 bits per heavy atom. The number of benzene rings is 10. The van der Waals surface area contributed by atoms with Gasteiger partial charge in [-0.15, -0.1) is 0 Å². The zero-order valence-electron chi connectivity index (χ0n) is 33.2. The molecule has 2 aromatic heterocycles. The van der Waals surface area contributed by atoms with Gasteiger partial charge in [-0.1, -0.05) is 164 Å². The van der Waals surface area contributed by atoms with Crippen LogP contribution in [0.1, 0.15) is 0 Å². The lowest BCUT2D eigenvalue weighted by Gasteiger charge is -2.26. The van der Waals surface area contributed by atoms with Crippen molar-refractivity contribution in [2.24, 2.45) is 0 Å². The van der Waals surface area contributed by atoms with E-state index >= 15 is 0 Å². The zero-order valence-corrected chi connectivity index (χ0v) is 33.2. The molecule has 10 aromatic carbocycles. The van der Waals surface area contributed by atoms with E-state index in [1.165, 1.54) is 60.6 Å². The molecule has 0 radical (unpaired) electrons. The summed E-state index contributed by atoms with van der Waals surface area (Å²) in [5.41, 5.74) is 15.6. The number of para-hydroxylation sites is 3. The average molecular weight is 779 g/mol. The van der Waals surface area contributed by atoms with E-state index in [9.17, 15) is 0 Å². The third kappa shape index (κ3) is 5.82. The SMILES string of the molecule is c1ccc(-c2ccc(-c3ccc(N(c4ccccc4)c4cccc5oc6ccc7c(-c8ccc9c%10ccccc%10n(-c%10ccccc%10)c9c8)cccc7c6c45)cc3)cc2)cc1. The Labute approximate surface area is 353 Å². The maximum Gasteiger partial charge on any atom is 0.137 e. The second-order valence-corrected chi connectivity index (χ2v) is 15.7. The van der Waals surface area contributed by atoms with Crippen LogP contribution in [0, 0.1) is 0 Å². The lowest BCUT2D eigenvalue weighted by atomic mass is 9.94. The highest BCUT2D eigenvalue weighted by Crippen LogP contribution is 2.46. The van der Waals surface area contributed by atoms with Crippen LogP contribution in [0.4, 0.5) is 17.1 Å². The molecule has 0 aliphatic carbocycles. The van der Waals surface area contributed by atoms with Crippen LogP contribution < -0.4 is 4.90 Å². The van der Waals surface area contributed by atoms with E-state index < -0.39 is 0 Å². The molecule has 286 valence electrons. The second-order valence-electron chi connectivity index (χ2n) is 15.7. The molecule has 0 aliphatic rings. The van der Waals surface area contributed by atoms with Gasteiger partial charge in [0, 0.05) is 33.2 Å². The van der Waals surface area contributed by atoms with Crippen molar-refractivity contribution in [3.05, 3.63) is 231 Å². The summed E-state index contributed by atoms with van der Waals surface area (Å²) < 4.78 is 9.10. The van der Waals surface area contributed by atoms with E-state index in [0.29, 0.717) is 0 Å². The van der Waals surface area contributed by atoms with Gasteiger partial charge in [-0.3, -0.25) is 0 Å². The summed E-state index contributed by atoms with van der Waals surface area (Å²) in [7, 11) is 0. The Bertz CT molecular complexity index is 3550. The number of hydrogen-bond donors (Lipinski definition) is 0. The minimum atomic E-state index is 0.857. The van der Waals surface area contributed by atoms with Crippen molar-refractivity contribution in [2.45, 2.75) is 0 Å². The second kappa shape index (κ2) is 14.3. The standard InChI is InChI=1S/C58H38N2O/c1-4-14-39(15-5-1)40-26-28-41(29-27-40)42-30-33-46(34-31-42)59(44-16-6-2-7-17-44)53-24-13-25-55-58(53)57-51-22-12-21-47(48(51)36-37-56(57)61-55)43-32-35-50-49-20-10-11-23-52(49)60(54(50)38-43)45-18-8-3-9-19-45/h1-38H. The molecule has 3 nitrogen and oxygen atoms in total. The summed E-state index contributed by atoms with van der Waals surface area (Å²) in [5, 5.41) is 7.03. The van der Waals surface area contributed by atoms with Gasteiger partial charge in [0.2, 0.25) is 0 Å². The highest BCUT2D eigenvalue weighted by Gasteiger charge is 2.22. The van der Waals surface area contributed by atoms with Crippen LogP contribution in [0.3, 0.4) is 0 Å². The summed E-state index contributed by atoms with van der Waals surface area (Å²) >= 11 is 0. The molecule has 3 heteroatoms. The molecule has 0 N–H and O–H groups in total. The molecule has 12 aromatic rings. The third-order valence-electron chi connectivity index (χ3n) is 12.2. The summed E-state index contributed by atoms with van der Waals surface area (Å²) in [4.78, 5) is 2.36. The Kier molecular flexibility index (Phi) is 8.17. The largest absolute Gasteiger partial charge is 0.456 e. The van der Waals surface area contributed by atoms with Crippen LogP contribution in [0.2, 0.25) is 0 Å². The number of aromatic nitrogens is 1. The van der Waals surface area contributed by atoms with Gasteiger partial charge in [-0.05, 0) is 111 Å². The van der Waals surface area contributed by atoms with E-state index in [4.69, 9.17) is 4.42 Å². The Balaban J connectivity index is 1.01. The van der Waals surface area contributed by atoms with Crippen molar-refractivity contribution in [2.75, 3.05) is 4.90 Å². The number of hydrogen-bond acceptors (Lipinski definition) is 2. The molecule has 0 saturated heterocycles. The summed E-state index contributed by atoms with van der Waals surface area (Å²) in [5.74, 6) is 0. The van der Waals surface area contributed by atoms with Crippen molar-refractivity contribution in [3.63, 3.8) is 0 Å². The van der Waals surface area contributed by atoms with Gasteiger partial charge in [0.15, 0.2) is 0 Å². The quantitative estimate of drug-likeness (QED) is 0.161. The lowest BCUT2D eigenvalue weighted by molar-refractivity contribution is 0.669. The highest BCUT2D eigenvalue weighted by molar-refractivity contribution is 6.25. The molecule has 0 atom stereocenters. The fourth-order valence-corrected chi connectivity index (χ4v) is 9.38. The van der Waals surface area contributed by atoms with Crippen LogP contribution in [0.5, 0.6) is 0 Å². The lowest BCUT2D eigenvalue weighted by Crippen LogP contribution is -2.10. The fourth-order valence-electron chi connectivity index (χ4n) is 9.38. The Hall–Kier alpha value is -8.14. The molecule has 0 saturated carbocycles. The van der Waals surface area contributed by atoms with Crippen molar-refractivity contribution < 1.29 is 4.42 Å². The molecule has 0 spiro atoms. The van der Waals surface area contributed by atoms with Gasteiger partial charge < -0.3 is 13.9 Å². The summed E-state index contributed by atoms with van der Waals surface area (Å²) in [6.45, 7) is 0. The Morgan fingerprint density at radius 3 is 1.62 bits per heavy atom. The number of rotatable bonds is 7. The van der Waals surface area contributed by atoms with Crippen molar-refractivity contribution in [1.82, 2.24) is 4.57 Å². The number of furan rings is 1. The monoisotopic (exact) mass is 778 g/mol. The molecule has 2 heterocycles. The maximum absolute atomic E-state index is 6.71. The first kappa shape index (κ1) is 34.9. The summed E-state index contributed by atoms with van der Waals surface area (Å²) in [6.07, 6.45) is 0. The first-order valence-electron chi connectivity index (χ1n) is 20.8.